The number of quaternary nitrogens is 1. The lowest BCUT2D eigenvalue weighted by Crippen LogP contribution is -2.49. The molecule has 0 aromatic carbocycles. The lowest BCUT2D eigenvalue weighted by molar-refractivity contribution is -0.923. The highest BCUT2D eigenvalue weighted by atomic mass is 15.4. The molecule has 2 rings (SSSR count). The summed E-state index contributed by atoms with van der Waals surface area (Å²) >= 11 is 0. The second-order valence-corrected chi connectivity index (χ2v) is 5.55. The average molecular weight is 196 g/mol. The molecule has 2 heterocycles. The Hall–Kier alpha value is -0.0400. The van der Waals surface area contributed by atoms with Crippen LogP contribution >= 0.6 is 0 Å². The Labute approximate surface area is 89.1 Å². The highest BCUT2D eigenvalue weighted by Crippen LogP contribution is 2.36. The van der Waals surface area contributed by atoms with Crippen molar-refractivity contribution in [3.05, 3.63) is 0 Å². The van der Waals surface area contributed by atoms with Crippen molar-refractivity contribution < 1.29 is 4.48 Å². The topological polar surface area (TPSA) is 0 Å². The van der Waals surface area contributed by atoms with E-state index in [2.05, 4.69) is 13.8 Å². The maximum absolute atomic E-state index is 2.39. The second-order valence-electron chi connectivity index (χ2n) is 5.55. The molecular formula is C13H26N+. The van der Waals surface area contributed by atoms with E-state index in [1.54, 1.807) is 0 Å². The van der Waals surface area contributed by atoms with Crippen LogP contribution in [0.2, 0.25) is 0 Å². The molecule has 14 heavy (non-hydrogen) atoms. The lowest BCUT2D eigenvalue weighted by atomic mass is 9.92. The number of rotatable bonds is 2. The van der Waals surface area contributed by atoms with Crippen LogP contribution in [0.25, 0.3) is 0 Å². The predicted octanol–water partition coefficient (Wildman–Crippen LogP) is 3.05. The van der Waals surface area contributed by atoms with Crippen molar-refractivity contribution in [3.63, 3.8) is 0 Å². The van der Waals surface area contributed by atoms with Crippen molar-refractivity contribution in [2.75, 3.05) is 26.2 Å². The highest BCUT2D eigenvalue weighted by molar-refractivity contribution is 4.76. The molecule has 0 N–H and O–H groups in total. The van der Waals surface area contributed by atoms with E-state index in [1.165, 1.54) is 62.8 Å². The van der Waals surface area contributed by atoms with Gasteiger partial charge in [-0.15, -0.1) is 0 Å². The van der Waals surface area contributed by atoms with Gasteiger partial charge in [0.25, 0.3) is 0 Å². The number of hydrogen-bond donors (Lipinski definition) is 0. The Morgan fingerprint density at radius 1 is 0.857 bits per heavy atom. The molecule has 2 unspecified atom stereocenters. The summed E-state index contributed by atoms with van der Waals surface area (Å²) in [5, 5.41) is 0. The van der Waals surface area contributed by atoms with Crippen molar-refractivity contribution in [2.45, 2.75) is 46.0 Å². The summed E-state index contributed by atoms with van der Waals surface area (Å²) in [6, 6.07) is 0. The van der Waals surface area contributed by atoms with Crippen LogP contribution in [0.4, 0.5) is 0 Å². The van der Waals surface area contributed by atoms with Crippen molar-refractivity contribution in [2.24, 2.45) is 11.8 Å². The third kappa shape index (κ3) is 1.84. The fraction of sp³-hybridized carbons (Fsp3) is 1.00. The zero-order valence-electron chi connectivity index (χ0n) is 9.97. The molecule has 1 nitrogen and oxygen atoms in total. The van der Waals surface area contributed by atoms with E-state index < -0.39 is 0 Å². The molecule has 2 saturated heterocycles. The molecule has 0 bridgehead atoms. The van der Waals surface area contributed by atoms with Gasteiger partial charge in [-0.3, -0.25) is 0 Å². The fourth-order valence-corrected chi connectivity index (χ4v) is 3.84. The molecule has 0 aromatic heterocycles. The van der Waals surface area contributed by atoms with E-state index in [-0.39, 0.29) is 0 Å². The maximum Gasteiger partial charge on any atom is 0.0820 e. The zero-order valence-corrected chi connectivity index (χ0v) is 9.97. The normalized spacial score (nSPS) is 36.4. The fourth-order valence-electron chi connectivity index (χ4n) is 3.84. The van der Waals surface area contributed by atoms with Crippen LogP contribution in [-0.2, 0) is 0 Å². The molecule has 0 amide bonds. The van der Waals surface area contributed by atoms with Gasteiger partial charge >= 0.3 is 0 Å². The molecule has 0 aliphatic carbocycles. The first kappa shape index (κ1) is 10.5. The number of hydrogen-bond acceptors (Lipinski definition) is 0. The summed E-state index contributed by atoms with van der Waals surface area (Å²) in [6.45, 7) is 10.8. The van der Waals surface area contributed by atoms with Gasteiger partial charge in [0, 0.05) is 11.8 Å². The minimum atomic E-state index is 1.04. The maximum atomic E-state index is 2.39. The summed E-state index contributed by atoms with van der Waals surface area (Å²) in [6.07, 6.45) is 7.31. The molecule has 1 heteroatoms. The average Bonchev–Trinajstić information content (AvgIpc) is 2.57. The molecule has 2 aliphatic rings. The molecular weight excluding hydrogens is 170 g/mol. The third-order valence-electron chi connectivity index (χ3n) is 4.72. The molecule has 2 fully saturated rings. The third-order valence-corrected chi connectivity index (χ3v) is 4.72. The Bertz CT molecular complexity index is 168. The Kier molecular flexibility index (Phi) is 3.16. The highest BCUT2D eigenvalue weighted by Gasteiger charge is 2.43. The minimum absolute atomic E-state index is 1.04. The number of nitrogens with zero attached hydrogens (tertiary/aromatic N) is 1. The summed E-state index contributed by atoms with van der Waals surface area (Å²) in [4.78, 5) is 0. The van der Waals surface area contributed by atoms with Gasteiger partial charge in [0.05, 0.1) is 26.2 Å². The summed E-state index contributed by atoms with van der Waals surface area (Å²) in [7, 11) is 0. The standard InChI is InChI=1S/C13H26N/c1-3-12-10-14(11-13(12)4-2)8-6-5-7-9-14/h12-13H,3-11H2,1-2H3/q+1. The summed E-state index contributed by atoms with van der Waals surface area (Å²) in [5.41, 5.74) is 0. The van der Waals surface area contributed by atoms with Crippen LogP contribution in [0, 0.1) is 11.8 Å². The first-order valence-electron chi connectivity index (χ1n) is 6.65. The molecule has 0 aromatic rings. The first-order chi connectivity index (χ1) is 6.79. The molecule has 2 atom stereocenters. The van der Waals surface area contributed by atoms with Crippen molar-refractivity contribution in [3.8, 4) is 0 Å². The Morgan fingerprint density at radius 2 is 1.36 bits per heavy atom. The molecule has 2 aliphatic heterocycles. The van der Waals surface area contributed by atoms with E-state index in [9.17, 15) is 0 Å². The Morgan fingerprint density at radius 3 is 1.79 bits per heavy atom. The molecule has 1 spiro atoms. The van der Waals surface area contributed by atoms with Gasteiger partial charge in [0.2, 0.25) is 0 Å². The van der Waals surface area contributed by atoms with Crippen LogP contribution in [0.15, 0.2) is 0 Å². The largest absolute Gasteiger partial charge is 0.323 e. The smallest absolute Gasteiger partial charge is 0.0820 e. The van der Waals surface area contributed by atoms with Gasteiger partial charge < -0.3 is 4.48 Å². The van der Waals surface area contributed by atoms with E-state index in [0.29, 0.717) is 0 Å². The van der Waals surface area contributed by atoms with Gasteiger partial charge in [-0.05, 0) is 32.1 Å². The predicted molar refractivity (Wildman–Crippen MR) is 61.1 cm³/mol. The molecule has 0 radical (unpaired) electrons. The van der Waals surface area contributed by atoms with Crippen LogP contribution in [-0.4, -0.2) is 30.7 Å². The van der Waals surface area contributed by atoms with Crippen LogP contribution < -0.4 is 0 Å². The van der Waals surface area contributed by atoms with E-state index in [1.807, 2.05) is 0 Å². The van der Waals surface area contributed by atoms with E-state index in [0.717, 1.165) is 11.8 Å². The van der Waals surface area contributed by atoms with Crippen molar-refractivity contribution in [1.82, 2.24) is 0 Å². The number of piperidine rings is 1. The zero-order chi connectivity index (χ0) is 10.0. The second kappa shape index (κ2) is 4.22. The van der Waals surface area contributed by atoms with Gasteiger partial charge in [-0.2, -0.15) is 0 Å². The quantitative estimate of drug-likeness (QED) is 0.596. The van der Waals surface area contributed by atoms with Gasteiger partial charge in [-0.1, -0.05) is 13.8 Å². The summed E-state index contributed by atoms with van der Waals surface area (Å²) in [5.74, 6) is 2.08. The summed E-state index contributed by atoms with van der Waals surface area (Å²) < 4.78 is 1.50. The van der Waals surface area contributed by atoms with E-state index in [4.69, 9.17) is 0 Å². The van der Waals surface area contributed by atoms with Crippen LogP contribution in [0.1, 0.15) is 46.0 Å². The molecule has 82 valence electrons. The molecule has 0 saturated carbocycles. The van der Waals surface area contributed by atoms with Crippen LogP contribution in [0.5, 0.6) is 0 Å². The van der Waals surface area contributed by atoms with E-state index >= 15 is 0 Å². The Balaban J connectivity index is 2.01. The monoisotopic (exact) mass is 196 g/mol. The van der Waals surface area contributed by atoms with Gasteiger partial charge in [0.15, 0.2) is 0 Å². The minimum Gasteiger partial charge on any atom is -0.323 e. The van der Waals surface area contributed by atoms with Crippen LogP contribution in [0.3, 0.4) is 0 Å². The van der Waals surface area contributed by atoms with Gasteiger partial charge in [0.1, 0.15) is 0 Å². The van der Waals surface area contributed by atoms with Crippen molar-refractivity contribution in [1.29, 1.82) is 0 Å². The first-order valence-corrected chi connectivity index (χ1v) is 6.65. The van der Waals surface area contributed by atoms with Crippen molar-refractivity contribution >= 4 is 0 Å². The lowest BCUT2D eigenvalue weighted by Gasteiger charge is -2.38. The SMILES string of the molecule is CCC1C[N+]2(CCCCC2)CC1CC. The van der Waals surface area contributed by atoms with Gasteiger partial charge in [-0.25, -0.2) is 0 Å².